The van der Waals surface area contributed by atoms with Gasteiger partial charge in [-0.25, -0.2) is 0 Å². The van der Waals surface area contributed by atoms with E-state index in [2.05, 4.69) is 31.0 Å². The lowest BCUT2D eigenvalue weighted by molar-refractivity contribution is -0.115. The number of thioether (sulfide) groups is 1. The van der Waals surface area contributed by atoms with Gasteiger partial charge >= 0.3 is 0 Å². The maximum atomic E-state index is 12.4. The van der Waals surface area contributed by atoms with Gasteiger partial charge in [0.25, 0.3) is 5.91 Å². The Kier molecular flexibility index (Phi) is 7.16. The average Bonchev–Trinajstić information content (AvgIpc) is 3.31. The molecular formula is C19H23N7O2S2. The van der Waals surface area contributed by atoms with Crippen LogP contribution in [0, 0.1) is 13.8 Å². The third-order valence-corrected chi connectivity index (χ3v) is 6.04. The van der Waals surface area contributed by atoms with Crippen molar-refractivity contribution in [2.24, 2.45) is 0 Å². The zero-order valence-corrected chi connectivity index (χ0v) is 18.8. The second kappa shape index (κ2) is 9.81. The van der Waals surface area contributed by atoms with E-state index in [0.717, 1.165) is 10.6 Å². The van der Waals surface area contributed by atoms with Crippen LogP contribution in [0.4, 0.5) is 5.13 Å². The Labute approximate surface area is 182 Å². The summed E-state index contributed by atoms with van der Waals surface area (Å²) in [7, 11) is 0. The molecule has 0 radical (unpaired) electrons. The number of anilines is 1. The Morgan fingerprint density at radius 2 is 2.00 bits per heavy atom. The summed E-state index contributed by atoms with van der Waals surface area (Å²) in [6, 6.07) is 7.40. The van der Waals surface area contributed by atoms with Gasteiger partial charge in [-0.3, -0.25) is 14.9 Å². The van der Waals surface area contributed by atoms with Gasteiger partial charge in [-0.15, -0.1) is 20.4 Å². The van der Waals surface area contributed by atoms with E-state index in [9.17, 15) is 9.59 Å². The second-order valence-electron chi connectivity index (χ2n) is 6.57. The Bertz CT molecular complexity index is 1050. The van der Waals surface area contributed by atoms with E-state index in [-0.39, 0.29) is 18.4 Å². The van der Waals surface area contributed by atoms with Gasteiger partial charge in [-0.2, -0.15) is 0 Å². The van der Waals surface area contributed by atoms with Crippen molar-refractivity contribution in [1.82, 2.24) is 30.3 Å². The molecule has 1 aromatic carbocycles. The monoisotopic (exact) mass is 445 g/mol. The van der Waals surface area contributed by atoms with Crippen molar-refractivity contribution in [3.8, 4) is 0 Å². The third kappa shape index (κ3) is 5.42. The molecule has 0 aliphatic heterocycles. The van der Waals surface area contributed by atoms with Crippen LogP contribution in [0.25, 0.3) is 0 Å². The molecule has 1 atom stereocenters. The van der Waals surface area contributed by atoms with Crippen LogP contribution in [0.15, 0.2) is 29.4 Å². The van der Waals surface area contributed by atoms with Gasteiger partial charge in [0.05, 0.1) is 11.8 Å². The van der Waals surface area contributed by atoms with Crippen molar-refractivity contribution in [2.75, 3.05) is 5.32 Å². The highest BCUT2D eigenvalue weighted by atomic mass is 32.2. The van der Waals surface area contributed by atoms with Gasteiger partial charge in [0.1, 0.15) is 5.01 Å². The highest BCUT2D eigenvalue weighted by Crippen LogP contribution is 2.24. The Hall–Kier alpha value is -2.79. The van der Waals surface area contributed by atoms with E-state index in [1.165, 1.54) is 23.1 Å². The number of aromatic nitrogens is 5. The van der Waals surface area contributed by atoms with Gasteiger partial charge in [0.15, 0.2) is 11.0 Å². The molecule has 0 spiro atoms. The SMILES string of the molecule is CCn1c(CNC(=O)c2cccc(C)c2)nnc1S[C@@H](C)C(=O)Nc1nnc(C)s1. The summed E-state index contributed by atoms with van der Waals surface area (Å²) in [5, 5.41) is 23.3. The fourth-order valence-electron chi connectivity index (χ4n) is 2.67. The number of aryl methyl sites for hydroxylation is 2. The number of nitrogens with one attached hydrogen (secondary N) is 2. The van der Waals surface area contributed by atoms with E-state index in [1.807, 2.05) is 43.5 Å². The topological polar surface area (TPSA) is 115 Å². The van der Waals surface area contributed by atoms with Crippen LogP contribution >= 0.6 is 23.1 Å². The minimum absolute atomic E-state index is 0.168. The van der Waals surface area contributed by atoms with Crippen LogP contribution < -0.4 is 10.6 Å². The summed E-state index contributed by atoms with van der Waals surface area (Å²) in [4.78, 5) is 24.8. The van der Waals surface area contributed by atoms with Gasteiger partial charge in [0, 0.05) is 12.1 Å². The van der Waals surface area contributed by atoms with Crippen molar-refractivity contribution in [3.63, 3.8) is 0 Å². The van der Waals surface area contributed by atoms with E-state index < -0.39 is 5.25 Å². The number of carbonyl (C=O) groups excluding carboxylic acids is 2. The highest BCUT2D eigenvalue weighted by Gasteiger charge is 2.21. The number of rotatable bonds is 8. The van der Waals surface area contributed by atoms with Gasteiger partial charge in [-0.1, -0.05) is 40.8 Å². The largest absolute Gasteiger partial charge is 0.345 e. The van der Waals surface area contributed by atoms with Crippen molar-refractivity contribution in [2.45, 2.75) is 51.2 Å². The average molecular weight is 446 g/mol. The van der Waals surface area contributed by atoms with Gasteiger partial charge in [-0.05, 0) is 39.8 Å². The zero-order chi connectivity index (χ0) is 21.7. The smallest absolute Gasteiger partial charge is 0.251 e. The fourth-order valence-corrected chi connectivity index (χ4v) is 4.19. The summed E-state index contributed by atoms with van der Waals surface area (Å²) < 4.78 is 1.89. The summed E-state index contributed by atoms with van der Waals surface area (Å²) in [6.45, 7) is 8.40. The van der Waals surface area contributed by atoms with Crippen LogP contribution in [0.5, 0.6) is 0 Å². The molecule has 0 bridgehead atoms. The van der Waals surface area contributed by atoms with Crippen molar-refractivity contribution >= 4 is 40.0 Å². The molecule has 0 saturated carbocycles. The van der Waals surface area contributed by atoms with Crippen LogP contribution in [0.1, 0.15) is 40.6 Å². The summed E-state index contributed by atoms with van der Waals surface area (Å²) in [6.07, 6.45) is 0. The first kappa shape index (κ1) is 21.9. The number of nitrogens with zero attached hydrogens (tertiary/aromatic N) is 5. The number of carbonyl (C=O) groups is 2. The lowest BCUT2D eigenvalue weighted by Crippen LogP contribution is -2.25. The Balaban J connectivity index is 1.61. The lowest BCUT2D eigenvalue weighted by Gasteiger charge is -2.12. The predicted molar refractivity (Wildman–Crippen MR) is 117 cm³/mol. The molecule has 0 fully saturated rings. The van der Waals surface area contributed by atoms with Crippen LogP contribution in [-0.4, -0.2) is 42.0 Å². The number of hydrogen-bond donors (Lipinski definition) is 2. The Morgan fingerprint density at radius 1 is 1.20 bits per heavy atom. The first-order chi connectivity index (χ1) is 14.4. The minimum Gasteiger partial charge on any atom is -0.345 e. The summed E-state index contributed by atoms with van der Waals surface area (Å²) in [5.41, 5.74) is 1.62. The molecule has 158 valence electrons. The molecule has 11 heteroatoms. The zero-order valence-electron chi connectivity index (χ0n) is 17.2. The van der Waals surface area contributed by atoms with Crippen molar-refractivity contribution in [3.05, 3.63) is 46.2 Å². The van der Waals surface area contributed by atoms with E-state index >= 15 is 0 Å². The molecule has 3 aromatic rings. The third-order valence-electron chi connectivity index (χ3n) is 4.20. The standard InChI is InChI=1S/C19H23N7O2S2/c1-5-26-15(10-20-17(28)14-8-6-7-11(2)9-14)23-25-19(26)29-12(3)16(27)21-18-24-22-13(4)30-18/h6-9,12H,5,10H2,1-4H3,(H,20,28)(H,21,24,27)/t12-/m0/s1. The molecule has 2 heterocycles. The molecule has 0 unspecified atom stereocenters. The van der Waals surface area contributed by atoms with E-state index in [0.29, 0.717) is 28.2 Å². The fraction of sp³-hybridized carbons (Fsp3) is 0.368. The normalized spacial score (nSPS) is 11.9. The van der Waals surface area contributed by atoms with E-state index in [1.54, 1.807) is 13.0 Å². The van der Waals surface area contributed by atoms with E-state index in [4.69, 9.17) is 0 Å². The molecular weight excluding hydrogens is 422 g/mol. The first-order valence-corrected chi connectivity index (χ1v) is 11.1. The number of amides is 2. The minimum atomic E-state index is -0.404. The van der Waals surface area contributed by atoms with Crippen molar-refractivity contribution in [1.29, 1.82) is 0 Å². The van der Waals surface area contributed by atoms with Crippen LogP contribution in [-0.2, 0) is 17.9 Å². The molecule has 0 aliphatic carbocycles. The van der Waals surface area contributed by atoms with Crippen LogP contribution in [0.2, 0.25) is 0 Å². The molecule has 30 heavy (non-hydrogen) atoms. The Morgan fingerprint density at radius 3 is 2.67 bits per heavy atom. The second-order valence-corrected chi connectivity index (χ2v) is 9.06. The van der Waals surface area contributed by atoms with Crippen LogP contribution in [0.3, 0.4) is 0 Å². The first-order valence-electron chi connectivity index (χ1n) is 9.42. The number of hydrogen-bond acceptors (Lipinski definition) is 8. The molecule has 9 nitrogen and oxygen atoms in total. The molecule has 2 amide bonds. The quantitative estimate of drug-likeness (QED) is 0.512. The number of benzene rings is 1. The predicted octanol–water partition coefficient (Wildman–Crippen LogP) is 2.82. The van der Waals surface area contributed by atoms with Gasteiger partial charge in [0.2, 0.25) is 11.0 Å². The molecule has 2 N–H and O–H groups in total. The maximum absolute atomic E-state index is 12.4. The van der Waals surface area contributed by atoms with Crippen molar-refractivity contribution < 1.29 is 9.59 Å². The maximum Gasteiger partial charge on any atom is 0.251 e. The molecule has 2 aromatic heterocycles. The molecule has 0 saturated heterocycles. The molecule has 0 aliphatic rings. The molecule has 3 rings (SSSR count). The highest BCUT2D eigenvalue weighted by molar-refractivity contribution is 8.00. The summed E-state index contributed by atoms with van der Waals surface area (Å²) in [5.74, 6) is 0.281. The summed E-state index contributed by atoms with van der Waals surface area (Å²) >= 11 is 2.63. The van der Waals surface area contributed by atoms with Gasteiger partial charge < -0.3 is 9.88 Å². The lowest BCUT2D eigenvalue weighted by atomic mass is 10.1.